The molecule has 0 spiro atoms. The lowest BCUT2D eigenvalue weighted by atomic mass is 10.1. The van der Waals surface area contributed by atoms with E-state index >= 15 is 0 Å². The van der Waals surface area contributed by atoms with Crippen molar-refractivity contribution in [2.24, 2.45) is 0 Å². The van der Waals surface area contributed by atoms with Crippen molar-refractivity contribution in [3.05, 3.63) is 55.9 Å². The maximum Gasteiger partial charge on any atom is 0.248 e. The minimum atomic E-state index is -0.0725. The van der Waals surface area contributed by atoms with Crippen LogP contribution in [0.25, 0.3) is 16.6 Å². The zero-order valence-corrected chi connectivity index (χ0v) is 12.7. The lowest BCUT2D eigenvalue weighted by Crippen LogP contribution is -2.05. The standard InChI is InChI=1S/C14H12IN3O/c1-8-5-11(18-9(2)16-7-12(18)15)6-10-3-4-13(19)17-14(8)10/h3-7H,1-2H3,(H,17,19). The average molecular weight is 365 g/mol. The van der Waals surface area contributed by atoms with E-state index < -0.39 is 0 Å². The lowest BCUT2D eigenvalue weighted by molar-refractivity contribution is 0.955. The van der Waals surface area contributed by atoms with Gasteiger partial charge in [0.1, 0.15) is 9.53 Å². The lowest BCUT2D eigenvalue weighted by Gasteiger charge is -2.10. The Hall–Kier alpha value is -1.63. The highest BCUT2D eigenvalue weighted by Crippen LogP contribution is 2.23. The van der Waals surface area contributed by atoms with Crippen LogP contribution in [0.5, 0.6) is 0 Å². The molecule has 3 aromatic rings. The van der Waals surface area contributed by atoms with Gasteiger partial charge in [-0.1, -0.05) is 0 Å². The summed E-state index contributed by atoms with van der Waals surface area (Å²) in [6, 6.07) is 7.53. The van der Waals surface area contributed by atoms with Gasteiger partial charge in [0.2, 0.25) is 5.56 Å². The summed E-state index contributed by atoms with van der Waals surface area (Å²) < 4.78 is 3.16. The van der Waals surface area contributed by atoms with E-state index in [-0.39, 0.29) is 5.56 Å². The summed E-state index contributed by atoms with van der Waals surface area (Å²) in [7, 11) is 0. The van der Waals surface area contributed by atoms with Gasteiger partial charge in [0.25, 0.3) is 0 Å². The van der Waals surface area contributed by atoms with Crippen LogP contribution in [0.3, 0.4) is 0 Å². The first-order chi connectivity index (χ1) is 9.06. The Bertz CT molecular complexity index is 813. The molecule has 2 aromatic heterocycles. The molecule has 1 N–H and O–H groups in total. The molecule has 5 heteroatoms. The maximum atomic E-state index is 11.4. The normalized spacial score (nSPS) is 11.1. The number of imidazole rings is 1. The first-order valence-electron chi connectivity index (χ1n) is 5.90. The molecule has 0 radical (unpaired) electrons. The second-order valence-corrected chi connectivity index (χ2v) is 5.62. The van der Waals surface area contributed by atoms with Crippen molar-refractivity contribution in [2.45, 2.75) is 13.8 Å². The van der Waals surface area contributed by atoms with Gasteiger partial charge in [0.15, 0.2) is 0 Å². The van der Waals surface area contributed by atoms with Gasteiger partial charge in [-0.2, -0.15) is 0 Å². The molecule has 0 fully saturated rings. The summed E-state index contributed by atoms with van der Waals surface area (Å²) in [6.45, 7) is 3.98. The van der Waals surface area contributed by atoms with Gasteiger partial charge in [0.05, 0.1) is 11.7 Å². The second kappa shape index (κ2) is 4.48. The van der Waals surface area contributed by atoms with Gasteiger partial charge < -0.3 is 4.98 Å². The fourth-order valence-electron chi connectivity index (χ4n) is 2.28. The minimum Gasteiger partial charge on any atom is -0.322 e. The van der Waals surface area contributed by atoms with E-state index in [1.54, 1.807) is 6.07 Å². The van der Waals surface area contributed by atoms with Crippen LogP contribution in [0, 0.1) is 17.5 Å². The molecule has 1 aromatic carbocycles. The van der Waals surface area contributed by atoms with Crippen LogP contribution < -0.4 is 5.56 Å². The number of H-pyrrole nitrogens is 1. The minimum absolute atomic E-state index is 0.0725. The summed E-state index contributed by atoms with van der Waals surface area (Å²) >= 11 is 2.27. The molecule has 0 saturated carbocycles. The molecule has 0 amide bonds. The Kier molecular flexibility index (Phi) is 2.93. The molecule has 3 rings (SSSR count). The molecule has 2 heterocycles. The molecule has 0 atom stereocenters. The van der Waals surface area contributed by atoms with Crippen molar-refractivity contribution >= 4 is 33.5 Å². The number of fused-ring (bicyclic) bond motifs is 1. The second-order valence-electron chi connectivity index (χ2n) is 4.51. The number of hydrogen-bond acceptors (Lipinski definition) is 2. The highest BCUT2D eigenvalue weighted by molar-refractivity contribution is 14.1. The van der Waals surface area contributed by atoms with Crippen molar-refractivity contribution in [3.63, 3.8) is 0 Å². The third-order valence-corrected chi connectivity index (χ3v) is 3.93. The van der Waals surface area contributed by atoms with E-state index in [2.05, 4.69) is 49.3 Å². The van der Waals surface area contributed by atoms with Gasteiger partial charge in [-0.15, -0.1) is 0 Å². The molecule has 96 valence electrons. The van der Waals surface area contributed by atoms with Crippen LogP contribution in [0.2, 0.25) is 0 Å². The molecule has 4 nitrogen and oxygen atoms in total. The maximum absolute atomic E-state index is 11.4. The zero-order valence-electron chi connectivity index (χ0n) is 10.6. The van der Waals surface area contributed by atoms with Crippen molar-refractivity contribution in [1.29, 1.82) is 0 Å². The number of rotatable bonds is 1. The van der Waals surface area contributed by atoms with Crippen LogP contribution in [-0.4, -0.2) is 14.5 Å². The number of nitrogens with zero attached hydrogens (tertiary/aromatic N) is 2. The summed E-state index contributed by atoms with van der Waals surface area (Å²) in [6.07, 6.45) is 1.85. The predicted molar refractivity (Wildman–Crippen MR) is 83.9 cm³/mol. The number of halogens is 1. The van der Waals surface area contributed by atoms with Gasteiger partial charge >= 0.3 is 0 Å². The van der Waals surface area contributed by atoms with E-state index in [9.17, 15) is 4.79 Å². The van der Waals surface area contributed by atoms with E-state index in [0.29, 0.717) is 0 Å². The highest BCUT2D eigenvalue weighted by atomic mass is 127. The number of aromatic nitrogens is 3. The number of aromatic amines is 1. The van der Waals surface area contributed by atoms with Crippen LogP contribution in [-0.2, 0) is 0 Å². The predicted octanol–water partition coefficient (Wildman–Crippen LogP) is 2.94. The van der Waals surface area contributed by atoms with Crippen molar-refractivity contribution in [2.75, 3.05) is 0 Å². The van der Waals surface area contributed by atoms with Crippen LogP contribution in [0.15, 0.2) is 35.3 Å². The Labute approximate surface area is 123 Å². The van der Waals surface area contributed by atoms with Crippen molar-refractivity contribution < 1.29 is 0 Å². The van der Waals surface area contributed by atoms with Gasteiger partial charge in [-0.05, 0) is 60.2 Å². The highest BCUT2D eigenvalue weighted by Gasteiger charge is 2.09. The number of benzene rings is 1. The van der Waals surface area contributed by atoms with E-state index in [4.69, 9.17) is 0 Å². The number of nitrogens with one attached hydrogen (secondary N) is 1. The number of aryl methyl sites for hydroxylation is 2. The number of pyridine rings is 1. The Morgan fingerprint density at radius 3 is 2.74 bits per heavy atom. The fraction of sp³-hybridized carbons (Fsp3) is 0.143. The summed E-state index contributed by atoms with van der Waals surface area (Å²) in [4.78, 5) is 18.6. The van der Waals surface area contributed by atoms with Gasteiger partial charge in [-0.3, -0.25) is 9.36 Å². The summed E-state index contributed by atoms with van der Waals surface area (Å²) in [5, 5.41) is 1.03. The van der Waals surface area contributed by atoms with Gasteiger partial charge in [-0.25, -0.2) is 4.98 Å². The molecular weight excluding hydrogens is 353 g/mol. The third-order valence-electron chi connectivity index (χ3n) is 3.17. The topological polar surface area (TPSA) is 50.7 Å². The largest absolute Gasteiger partial charge is 0.322 e. The monoisotopic (exact) mass is 365 g/mol. The Morgan fingerprint density at radius 1 is 1.26 bits per heavy atom. The molecular formula is C14H12IN3O. The molecule has 19 heavy (non-hydrogen) atoms. The Morgan fingerprint density at radius 2 is 2.05 bits per heavy atom. The zero-order chi connectivity index (χ0) is 13.6. The van der Waals surface area contributed by atoms with Crippen molar-refractivity contribution in [1.82, 2.24) is 14.5 Å². The molecule has 0 aliphatic rings. The first kappa shape index (κ1) is 12.4. The molecule has 0 aliphatic carbocycles. The smallest absolute Gasteiger partial charge is 0.248 e. The van der Waals surface area contributed by atoms with Crippen molar-refractivity contribution in [3.8, 4) is 5.69 Å². The van der Waals surface area contributed by atoms with Crippen LogP contribution in [0.1, 0.15) is 11.4 Å². The quantitative estimate of drug-likeness (QED) is 0.675. The van der Waals surface area contributed by atoms with E-state index in [1.165, 1.54) is 0 Å². The summed E-state index contributed by atoms with van der Waals surface area (Å²) in [5.41, 5.74) is 2.94. The average Bonchev–Trinajstić information content (AvgIpc) is 2.70. The first-order valence-corrected chi connectivity index (χ1v) is 6.98. The molecule has 0 saturated heterocycles. The fourth-order valence-corrected chi connectivity index (χ4v) is 3.05. The Balaban J connectivity index is 2.33. The van der Waals surface area contributed by atoms with Crippen LogP contribution in [0.4, 0.5) is 0 Å². The summed E-state index contributed by atoms with van der Waals surface area (Å²) in [5.74, 6) is 0.951. The van der Waals surface area contributed by atoms with E-state index in [0.717, 1.165) is 31.7 Å². The molecule has 0 unspecified atom stereocenters. The van der Waals surface area contributed by atoms with Gasteiger partial charge in [0, 0.05) is 17.1 Å². The SMILES string of the molecule is Cc1cc(-n2c(I)cnc2C)cc2ccc(=O)[nH]c12. The molecule has 0 bridgehead atoms. The number of hydrogen-bond donors (Lipinski definition) is 1. The van der Waals surface area contributed by atoms with Crippen LogP contribution >= 0.6 is 22.6 Å². The third kappa shape index (κ3) is 2.07. The molecule has 0 aliphatic heterocycles. The van der Waals surface area contributed by atoms with E-state index in [1.807, 2.05) is 26.1 Å².